The summed E-state index contributed by atoms with van der Waals surface area (Å²) in [5, 5.41) is 11.7. The summed E-state index contributed by atoms with van der Waals surface area (Å²) < 4.78 is 0. The molecule has 0 spiro atoms. The zero-order valence-corrected chi connectivity index (χ0v) is 16.1. The molecule has 1 saturated heterocycles. The Labute approximate surface area is 165 Å². The summed E-state index contributed by atoms with van der Waals surface area (Å²) in [6.07, 6.45) is 6.26. The lowest BCUT2D eigenvalue weighted by molar-refractivity contribution is -0.159. The van der Waals surface area contributed by atoms with Crippen LogP contribution in [0.25, 0.3) is 0 Å². The smallest absolute Gasteiger partial charge is 0.242 e. The molecule has 1 aromatic carbocycles. The first-order valence-electron chi connectivity index (χ1n) is 10.1. The molecular formula is C21H29N3O4. The van der Waals surface area contributed by atoms with Gasteiger partial charge < -0.3 is 0 Å². The van der Waals surface area contributed by atoms with Gasteiger partial charge in [0.25, 0.3) is 0 Å². The van der Waals surface area contributed by atoms with Crippen molar-refractivity contribution in [2.75, 3.05) is 13.1 Å². The number of Topliss-reactive ketones (excluding diaryl/α,β-unsaturated/α-hetero) is 1. The number of amides is 2. The fourth-order valence-electron chi connectivity index (χ4n) is 4.38. The third-order valence-electron chi connectivity index (χ3n) is 5.81. The highest BCUT2D eigenvalue weighted by molar-refractivity contribution is 5.91. The van der Waals surface area contributed by atoms with Gasteiger partial charge in [-0.05, 0) is 24.3 Å². The van der Waals surface area contributed by atoms with Gasteiger partial charge in [-0.3, -0.25) is 24.6 Å². The molecule has 7 heteroatoms. The van der Waals surface area contributed by atoms with Crippen LogP contribution in [0.1, 0.15) is 44.1 Å². The van der Waals surface area contributed by atoms with E-state index in [-0.39, 0.29) is 24.7 Å². The lowest BCUT2D eigenvalue weighted by atomic mass is 9.91. The molecule has 0 bridgehead atoms. The zero-order chi connectivity index (χ0) is 19.9. The Balaban J connectivity index is 1.68. The fourth-order valence-corrected chi connectivity index (χ4v) is 4.38. The third kappa shape index (κ3) is 5.17. The Bertz CT molecular complexity index is 675. The van der Waals surface area contributed by atoms with E-state index in [1.807, 2.05) is 30.3 Å². The number of hydrogen-bond acceptors (Lipinski definition) is 5. The quantitative estimate of drug-likeness (QED) is 0.384. The van der Waals surface area contributed by atoms with Gasteiger partial charge in [-0.25, -0.2) is 10.5 Å². The van der Waals surface area contributed by atoms with Crippen LogP contribution in [0, 0.1) is 11.8 Å². The summed E-state index contributed by atoms with van der Waals surface area (Å²) in [5.41, 5.74) is 3.97. The van der Waals surface area contributed by atoms with Gasteiger partial charge in [-0.2, -0.15) is 0 Å². The van der Waals surface area contributed by atoms with Gasteiger partial charge in [0.2, 0.25) is 12.3 Å². The SMILES string of the molecule is O=CN(O)C[C@@H](CC1CCCC1)C(=O)N1NCC[C@H]1C(=O)Cc1ccccc1. The van der Waals surface area contributed by atoms with Crippen molar-refractivity contribution < 1.29 is 19.6 Å². The molecular weight excluding hydrogens is 358 g/mol. The van der Waals surface area contributed by atoms with Gasteiger partial charge in [0.1, 0.15) is 6.04 Å². The lowest BCUT2D eigenvalue weighted by Crippen LogP contribution is -2.50. The number of carbonyl (C=O) groups is 3. The minimum atomic E-state index is -0.518. The van der Waals surface area contributed by atoms with E-state index in [1.165, 1.54) is 5.01 Å². The molecule has 2 aliphatic rings. The van der Waals surface area contributed by atoms with Crippen LogP contribution >= 0.6 is 0 Å². The summed E-state index contributed by atoms with van der Waals surface area (Å²) in [6.45, 7) is 0.514. The summed E-state index contributed by atoms with van der Waals surface area (Å²) >= 11 is 0. The van der Waals surface area contributed by atoms with Crippen molar-refractivity contribution in [2.24, 2.45) is 11.8 Å². The Kier molecular flexibility index (Phi) is 7.17. The van der Waals surface area contributed by atoms with E-state index in [0.29, 0.717) is 36.8 Å². The number of ketones is 1. The van der Waals surface area contributed by atoms with E-state index in [9.17, 15) is 19.6 Å². The van der Waals surface area contributed by atoms with Gasteiger partial charge in [-0.15, -0.1) is 0 Å². The van der Waals surface area contributed by atoms with Crippen molar-refractivity contribution in [1.82, 2.24) is 15.5 Å². The van der Waals surface area contributed by atoms with Crippen LogP contribution < -0.4 is 5.43 Å². The second-order valence-electron chi connectivity index (χ2n) is 7.86. The van der Waals surface area contributed by atoms with Gasteiger partial charge in [0.15, 0.2) is 5.78 Å². The van der Waals surface area contributed by atoms with Crippen molar-refractivity contribution in [3.8, 4) is 0 Å². The minimum Gasteiger partial charge on any atom is -0.297 e. The van der Waals surface area contributed by atoms with Crippen molar-refractivity contribution in [3.05, 3.63) is 35.9 Å². The highest BCUT2D eigenvalue weighted by atomic mass is 16.5. The van der Waals surface area contributed by atoms with Crippen molar-refractivity contribution >= 4 is 18.1 Å². The first kappa shape index (κ1) is 20.5. The molecule has 1 aromatic rings. The van der Waals surface area contributed by atoms with Crippen LogP contribution in [0.3, 0.4) is 0 Å². The van der Waals surface area contributed by atoms with Crippen LogP contribution in [0.15, 0.2) is 30.3 Å². The number of hydrogen-bond donors (Lipinski definition) is 2. The molecule has 152 valence electrons. The third-order valence-corrected chi connectivity index (χ3v) is 5.81. The summed E-state index contributed by atoms with van der Waals surface area (Å²) in [4.78, 5) is 36.9. The number of carbonyl (C=O) groups excluding carboxylic acids is 3. The number of benzene rings is 1. The van der Waals surface area contributed by atoms with E-state index >= 15 is 0 Å². The second kappa shape index (κ2) is 9.80. The Hall–Kier alpha value is -2.25. The fraction of sp³-hybridized carbons (Fsp3) is 0.571. The van der Waals surface area contributed by atoms with E-state index in [4.69, 9.17) is 0 Å². The van der Waals surface area contributed by atoms with Gasteiger partial charge >= 0.3 is 0 Å². The monoisotopic (exact) mass is 387 g/mol. The van der Waals surface area contributed by atoms with Gasteiger partial charge in [0.05, 0.1) is 12.5 Å². The van der Waals surface area contributed by atoms with E-state index in [2.05, 4.69) is 5.43 Å². The molecule has 28 heavy (non-hydrogen) atoms. The number of hydrazine groups is 1. The lowest BCUT2D eigenvalue weighted by Gasteiger charge is -2.30. The van der Waals surface area contributed by atoms with Crippen LogP contribution in [0.2, 0.25) is 0 Å². The predicted molar refractivity (Wildman–Crippen MR) is 103 cm³/mol. The molecule has 2 N–H and O–H groups in total. The number of nitrogens with zero attached hydrogens (tertiary/aromatic N) is 2. The van der Waals surface area contributed by atoms with Crippen LogP contribution in [-0.2, 0) is 20.8 Å². The first-order valence-corrected chi connectivity index (χ1v) is 10.1. The molecule has 2 fully saturated rings. The number of rotatable bonds is 9. The van der Waals surface area contributed by atoms with Crippen LogP contribution in [-0.4, -0.2) is 52.5 Å². The molecule has 1 saturated carbocycles. The van der Waals surface area contributed by atoms with Gasteiger partial charge in [-0.1, -0.05) is 56.0 Å². The van der Waals surface area contributed by atoms with Gasteiger partial charge in [0, 0.05) is 13.0 Å². The molecule has 1 aliphatic heterocycles. The average molecular weight is 387 g/mol. The van der Waals surface area contributed by atoms with Crippen molar-refractivity contribution in [2.45, 2.75) is 51.0 Å². The Morgan fingerprint density at radius 3 is 2.61 bits per heavy atom. The molecule has 3 rings (SSSR count). The maximum Gasteiger partial charge on any atom is 0.242 e. The maximum atomic E-state index is 13.2. The van der Waals surface area contributed by atoms with Crippen molar-refractivity contribution in [1.29, 1.82) is 0 Å². The molecule has 0 unspecified atom stereocenters. The van der Waals surface area contributed by atoms with Crippen molar-refractivity contribution in [3.63, 3.8) is 0 Å². The van der Waals surface area contributed by atoms with Crippen LogP contribution in [0.4, 0.5) is 0 Å². The summed E-state index contributed by atoms with van der Waals surface area (Å²) in [6, 6.07) is 8.99. The molecule has 1 heterocycles. The molecule has 7 nitrogen and oxygen atoms in total. The molecule has 2 atom stereocenters. The average Bonchev–Trinajstić information content (AvgIpc) is 3.39. The van der Waals surface area contributed by atoms with E-state index < -0.39 is 12.0 Å². The Morgan fingerprint density at radius 1 is 1.21 bits per heavy atom. The molecule has 2 amide bonds. The highest BCUT2D eigenvalue weighted by Crippen LogP contribution is 2.31. The number of nitrogens with one attached hydrogen (secondary N) is 1. The number of hydroxylamine groups is 2. The highest BCUT2D eigenvalue weighted by Gasteiger charge is 2.38. The largest absolute Gasteiger partial charge is 0.297 e. The summed E-state index contributed by atoms with van der Waals surface area (Å²) in [7, 11) is 0. The topological polar surface area (TPSA) is 90.0 Å². The molecule has 0 radical (unpaired) electrons. The van der Waals surface area contributed by atoms with E-state index in [0.717, 1.165) is 31.2 Å². The van der Waals surface area contributed by atoms with E-state index in [1.54, 1.807) is 0 Å². The standard InChI is InChI=1S/C21H29N3O4/c25-15-23(28)14-18(12-16-8-4-5-9-16)21(27)24-19(10-11-22-24)20(26)13-17-6-2-1-3-7-17/h1-3,6-7,15-16,18-19,22,28H,4-5,8-14H2/t18-,19+/m1/s1. The minimum absolute atomic E-state index is 0.000378. The first-order chi connectivity index (χ1) is 13.6. The van der Waals surface area contributed by atoms with Crippen LogP contribution in [0.5, 0.6) is 0 Å². The maximum absolute atomic E-state index is 13.2. The zero-order valence-electron chi connectivity index (χ0n) is 16.1. The predicted octanol–water partition coefficient (Wildman–Crippen LogP) is 1.95. The second-order valence-corrected chi connectivity index (χ2v) is 7.86. The Morgan fingerprint density at radius 2 is 1.93 bits per heavy atom. The molecule has 0 aromatic heterocycles. The summed E-state index contributed by atoms with van der Waals surface area (Å²) in [5.74, 6) is -0.303. The molecule has 1 aliphatic carbocycles. The normalized spacial score (nSPS) is 20.9.